The first-order valence-corrected chi connectivity index (χ1v) is 8.53. The fraction of sp³-hybridized carbons (Fsp3) is 0.368. The van der Waals surface area contributed by atoms with Crippen molar-refractivity contribution in [1.82, 2.24) is 4.98 Å². The topological polar surface area (TPSA) is 51.7 Å². The van der Waals surface area contributed by atoms with E-state index in [0.29, 0.717) is 0 Å². The summed E-state index contributed by atoms with van der Waals surface area (Å²) in [6.45, 7) is 2.66. The monoisotopic (exact) mass is 436 g/mol. The molecule has 1 amide bonds. The number of alkyl halides is 6. The van der Waals surface area contributed by atoms with Gasteiger partial charge in [0.25, 0.3) is 0 Å². The summed E-state index contributed by atoms with van der Waals surface area (Å²) in [4.78, 5) is 16.5. The van der Waals surface area contributed by atoms with Crippen LogP contribution in [0.25, 0.3) is 11.1 Å². The van der Waals surface area contributed by atoms with Gasteiger partial charge in [-0.1, -0.05) is 18.2 Å². The Balaban J connectivity index is 2.61. The van der Waals surface area contributed by atoms with Crippen molar-refractivity contribution >= 4 is 11.8 Å². The summed E-state index contributed by atoms with van der Waals surface area (Å²) in [5.41, 5.74) is -1.80. The molecule has 0 fully saturated rings. The summed E-state index contributed by atoms with van der Waals surface area (Å²) in [5, 5.41) is 0. The van der Waals surface area contributed by atoms with Gasteiger partial charge in [-0.25, -0.2) is 4.79 Å². The Labute approximate surface area is 168 Å². The summed E-state index contributed by atoms with van der Waals surface area (Å²) in [6, 6.07) is 6.06. The maximum absolute atomic E-state index is 13.2. The van der Waals surface area contributed by atoms with Crippen LogP contribution in [0.4, 0.5) is 36.8 Å². The number of benzene rings is 1. The quantitative estimate of drug-likeness (QED) is 0.556. The van der Waals surface area contributed by atoms with Gasteiger partial charge in [-0.2, -0.15) is 13.2 Å². The van der Waals surface area contributed by atoms with Gasteiger partial charge in [0, 0.05) is 17.3 Å². The molecule has 0 bridgehead atoms. The van der Waals surface area contributed by atoms with E-state index in [0.717, 1.165) is 12.3 Å². The van der Waals surface area contributed by atoms with Crippen LogP contribution in [-0.2, 0) is 4.74 Å². The Morgan fingerprint density at radius 3 is 2.20 bits per heavy atom. The average Bonchev–Trinajstić information content (AvgIpc) is 2.56. The summed E-state index contributed by atoms with van der Waals surface area (Å²) < 4.78 is 86.9. The van der Waals surface area contributed by atoms with Gasteiger partial charge in [0.15, 0.2) is 0 Å². The zero-order chi connectivity index (χ0) is 22.7. The van der Waals surface area contributed by atoms with E-state index in [1.165, 1.54) is 51.2 Å². The fourth-order valence-electron chi connectivity index (χ4n) is 2.48. The van der Waals surface area contributed by atoms with Crippen molar-refractivity contribution in [3.8, 4) is 16.9 Å². The minimum atomic E-state index is -5.03. The summed E-state index contributed by atoms with van der Waals surface area (Å²) in [5.74, 6) is -0.645. The van der Waals surface area contributed by atoms with E-state index in [2.05, 4.69) is 9.72 Å². The van der Waals surface area contributed by atoms with Crippen molar-refractivity contribution in [2.45, 2.75) is 38.9 Å². The van der Waals surface area contributed by atoms with E-state index in [9.17, 15) is 31.1 Å². The Morgan fingerprint density at radius 1 is 1.00 bits per heavy atom. The predicted octanol–water partition coefficient (Wildman–Crippen LogP) is 5.95. The lowest BCUT2D eigenvalue weighted by molar-refractivity contribution is -0.274. The lowest BCUT2D eigenvalue weighted by Gasteiger charge is -2.29. The van der Waals surface area contributed by atoms with Crippen LogP contribution < -0.4 is 9.64 Å². The number of carbonyl (C=O) groups excluding carboxylic acids is 1. The van der Waals surface area contributed by atoms with E-state index in [4.69, 9.17) is 4.74 Å². The first-order chi connectivity index (χ1) is 13.7. The molecule has 0 aliphatic heterocycles. The zero-order valence-electron chi connectivity index (χ0n) is 16.1. The van der Waals surface area contributed by atoms with Gasteiger partial charge in [0.05, 0.1) is 11.9 Å². The predicted molar refractivity (Wildman–Crippen MR) is 96.0 cm³/mol. The number of pyridine rings is 1. The van der Waals surface area contributed by atoms with Crippen LogP contribution >= 0.6 is 0 Å². The fourth-order valence-corrected chi connectivity index (χ4v) is 2.48. The Kier molecular flexibility index (Phi) is 6.53. The molecule has 30 heavy (non-hydrogen) atoms. The van der Waals surface area contributed by atoms with Crippen molar-refractivity contribution in [2.24, 2.45) is 0 Å². The minimum absolute atomic E-state index is 0.125. The van der Waals surface area contributed by atoms with E-state index < -0.39 is 36.5 Å². The van der Waals surface area contributed by atoms with Gasteiger partial charge in [-0.05, 0) is 32.9 Å². The Morgan fingerprint density at radius 2 is 1.63 bits per heavy atom. The standard InChI is InChI=1S/C19H18F6N2O3/c1-17(2,3)30-16(28)27(11-18(20,21)22)14-10-26-9-8-12(14)13-6-4-5-7-15(13)29-19(23,24)25/h4-10H,11H2,1-3H3. The molecule has 1 heterocycles. The van der Waals surface area contributed by atoms with E-state index in [1.807, 2.05) is 0 Å². The van der Waals surface area contributed by atoms with Crippen molar-refractivity contribution in [2.75, 3.05) is 11.4 Å². The van der Waals surface area contributed by atoms with E-state index in [1.54, 1.807) is 0 Å². The smallest absolute Gasteiger partial charge is 0.443 e. The molecule has 0 aliphatic carbocycles. The summed E-state index contributed by atoms with van der Waals surface area (Å²) in [7, 11) is 0. The van der Waals surface area contributed by atoms with Crippen LogP contribution in [0, 0.1) is 0 Å². The first-order valence-electron chi connectivity index (χ1n) is 8.53. The molecule has 0 radical (unpaired) electrons. The van der Waals surface area contributed by atoms with Gasteiger partial charge in [-0.15, -0.1) is 13.2 Å². The highest BCUT2D eigenvalue weighted by atomic mass is 19.4. The minimum Gasteiger partial charge on any atom is -0.443 e. The highest BCUT2D eigenvalue weighted by molar-refractivity contribution is 5.94. The number of hydrogen-bond acceptors (Lipinski definition) is 4. The molecule has 1 aromatic heterocycles. The molecular weight excluding hydrogens is 418 g/mol. The highest BCUT2D eigenvalue weighted by Crippen LogP contribution is 2.39. The van der Waals surface area contributed by atoms with Crippen LogP contribution in [0.15, 0.2) is 42.7 Å². The number of para-hydroxylation sites is 1. The SMILES string of the molecule is CC(C)(C)OC(=O)N(CC(F)(F)F)c1cnccc1-c1ccccc1OC(F)(F)F. The molecule has 0 spiro atoms. The molecule has 0 unspecified atom stereocenters. The van der Waals surface area contributed by atoms with Crippen molar-refractivity contribution in [1.29, 1.82) is 0 Å². The van der Waals surface area contributed by atoms with Crippen molar-refractivity contribution in [3.05, 3.63) is 42.7 Å². The number of carbonyl (C=O) groups is 1. The number of anilines is 1. The van der Waals surface area contributed by atoms with Gasteiger partial charge < -0.3 is 9.47 Å². The largest absolute Gasteiger partial charge is 0.573 e. The van der Waals surface area contributed by atoms with Gasteiger partial charge in [-0.3, -0.25) is 9.88 Å². The first kappa shape index (κ1) is 23.3. The lowest BCUT2D eigenvalue weighted by Crippen LogP contribution is -2.42. The second kappa shape index (κ2) is 8.41. The van der Waals surface area contributed by atoms with E-state index >= 15 is 0 Å². The van der Waals surface area contributed by atoms with Crippen LogP contribution in [0.2, 0.25) is 0 Å². The maximum Gasteiger partial charge on any atom is 0.573 e. The molecule has 0 aliphatic rings. The molecule has 2 aromatic rings. The summed E-state index contributed by atoms with van der Waals surface area (Å²) >= 11 is 0. The molecule has 0 saturated carbocycles. The molecule has 164 valence electrons. The lowest BCUT2D eigenvalue weighted by atomic mass is 10.0. The van der Waals surface area contributed by atoms with Crippen LogP contribution in [0.3, 0.4) is 0 Å². The van der Waals surface area contributed by atoms with Crippen LogP contribution in [0.5, 0.6) is 5.75 Å². The highest BCUT2D eigenvalue weighted by Gasteiger charge is 2.38. The Bertz CT molecular complexity index is 891. The molecule has 0 atom stereocenters. The number of rotatable bonds is 4. The summed E-state index contributed by atoms with van der Waals surface area (Å²) in [6.07, 6.45) is -9.06. The third kappa shape index (κ3) is 6.82. The van der Waals surface area contributed by atoms with Crippen LogP contribution in [0.1, 0.15) is 20.8 Å². The molecule has 5 nitrogen and oxygen atoms in total. The van der Waals surface area contributed by atoms with E-state index in [-0.39, 0.29) is 21.7 Å². The Hall–Kier alpha value is -2.98. The maximum atomic E-state index is 13.2. The number of ether oxygens (including phenoxy) is 2. The molecule has 1 aromatic carbocycles. The van der Waals surface area contributed by atoms with Crippen molar-refractivity contribution in [3.63, 3.8) is 0 Å². The number of nitrogens with zero attached hydrogens (tertiary/aromatic N) is 2. The number of hydrogen-bond donors (Lipinski definition) is 0. The molecular formula is C19H18F6N2O3. The molecule has 2 rings (SSSR count). The third-order valence-electron chi connectivity index (χ3n) is 3.45. The average molecular weight is 436 g/mol. The second-order valence-electron chi connectivity index (χ2n) is 7.12. The zero-order valence-corrected chi connectivity index (χ0v) is 16.1. The number of aromatic nitrogens is 1. The van der Waals surface area contributed by atoms with Gasteiger partial charge >= 0.3 is 18.6 Å². The molecule has 0 N–H and O–H groups in total. The normalized spacial score (nSPS) is 12.4. The van der Waals surface area contributed by atoms with Gasteiger partial charge in [0.1, 0.15) is 17.9 Å². The second-order valence-corrected chi connectivity index (χ2v) is 7.12. The molecule has 0 saturated heterocycles. The van der Waals surface area contributed by atoms with Crippen molar-refractivity contribution < 1.29 is 40.6 Å². The third-order valence-corrected chi connectivity index (χ3v) is 3.45. The molecule has 11 heteroatoms. The van der Waals surface area contributed by atoms with Gasteiger partial charge in [0.2, 0.25) is 0 Å². The number of halogens is 6. The van der Waals surface area contributed by atoms with Crippen LogP contribution in [-0.4, -0.2) is 35.8 Å². The number of amides is 1.